The van der Waals surface area contributed by atoms with Gasteiger partial charge < -0.3 is 59.2 Å². The Labute approximate surface area is 334 Å². The largest absolute Gasteiger partial charge is 0.494 e. The van der Waals surface area contributed by atoms with Gasteiger partial charge in [0.15, 0.2) is 17.3 Å². The summed E-state index contributed by atoms with van der Waals surface area (Å²) in [5, 5.41) is 53.7. The molecule has 15 nitrogen and oxygen atoms in total. The van der Waals surface area contributed by atoms with Gasteiger partial charge in [0.2, 0.25) is 0 Å². The second-order valence-electron chi connectivity index (χ2n) is 13.2. The van der Waals surface area contributed by atoms with Gasteiger partial charge in [0, 0.05) is 42.7 Å². The first-order valence-corrected chi connectivity index (χ1v) is 17.8. The van der Waals surface area contributed by atoms with Crippen molar-refractivity contribution in [3.63, 3.8) is 0 Å². The fourth-order valence-electron chi connectivity index (χ4n) is 4.20. The van der Waals surface area contributed by atoms with Crippen LogP contribution in [0, 0.1) is 0 Å². The van der Waals surface area contributed by atoms with E-state index in [2.05, 4.69) is 0 Å². The van der Waals surface area contributed by atoms with E-state index in [1.165, 1.54) is 27.7 Å². The Morgan fingerprint density at radius 2 is 0.737 bits per heavy atom. The normalized spacial score (nSPS) is 10.7. The molecule has 3 aromatic carbocycles. The first-order valence-electron chi connectivity index (χ1n) is 17.8. The molecule has 0 fully saturated rings. The van der Waals surface area contributed by atoms with Crippen molar-refractivity contribution in [2.24, 2.45) is 0 Å². The Hall–Kier alpha value is -4.87. The Balaban J connectivity index is 0. The van der Waals surface area contributed by atoms with E-state index in [1.807, 2.05) is 13.6 Å². The molecule has 0 aliphatic heterocycles. The molecule has 0 bridgehead atoms. The topological polar surface area (TPSA) is 244 Å². The van der Waals surface area contributed by atoms with E-state index in [1.54, 1.807) is 86.6 Å². The molecule has 3 aromatic rings. The van der Waals surface area contributed by atoms with Crippen molar-refractivity contribution in [2.45, 2.75) is 71.2 Å². The zero-order valence-corrected chi connectivity index (χ0v) is 33.8. The summed E-state index contributed by atoms with van der Waals surface area (Å²) in [6.07, 6.45) is 1.15. The lowest BCUT2D eigenvalue weighted by atomic mass is 9.96. The summed E-state index contributed by atoms with van der Waals surface area (Å²) in [6, 6.07) is 19.8. The Kier molecular flexibility index (Phi) is 28.0. The van der Waals surface area contributed by atoms with Gasteiger partial charge in [-0.2, -0.15) is 0 Å². The number of hydrogen-bond acceptors (Lipinski definition) is 15. The van der Waals surface area contributed by atoms with Gasteiger partial charge in [0.05, 0.1) is 33.0 Å². The van der Waals surface area contributed by atoms with Crippen LogP contribution >= 0.6 is 0 Å². The highest BCUT2D eigenvalue weighted by molar-refractivity contribution is 6.03. The van der Waals surface area contributed by atoms with Crippen LogP contribution in [0.3, 0.4) is 0 Å². The van der Waals surface area contributed by atoms with Gasteiger partial charge in [0.25, 0.3) is 0 Å². The molecule has 0 radical (unpaired) electrons. The van der Waals surface area contributed by atoms with Crippen molar-refractivity contribution in [1.82, 2.24) is 0 Å². The molecule has 0 saturated carbocycles. The number of ketones is 3. The Bertz CT molecular complexity index is 1520. The predicted molar refractivity (Wildman–Crippen MR) is 213 cm³/mol. The fraction of sp³-hybridized carbons (Fsp3) is 0.452. The van der Waals surface area contributed by atoms with Crippen molar-refractivity contribution in [2.75, 3.05) is 52.9 Å². The van der Waals surface area contributed by atoms with E-state index in [-0.39, 0.29) is 57.0 Å². The Morgan fingerprint density at radius 1 is 0.456 bits per heavy atom. The maximum absolute atomic E-state index is 12.3. The van der Waals surface area contributed by atoms with Crippen molar-refractivity contribution in [1.29, 1.82) is 0 Å². The molecule has 57 heavy (non-hydrogen) atoms. The standard InChI is InChI=1S/C15H22O5.C13H18O4.C12H16O4.2CH2O/c1-15(2,20-11-9-17)14(18)12-4-6-13(7-5-12)19-10-3-8-16;1-13(2,16)12(15)10-4-6-11(7-5-10)17-9-3-8-14;1-12(2,15)11(14)9-3-5-10(6-4-9)16-8-7-13;2*1-2/h4-7,16-17H,3,8-11H2,1-2H3;4-7,14,16H,3,8-9H2,1-2H3;3-6,13,15H,7-8H2,1-2H3;2*1H2. The van der Waals surface area contributed by atoms with E-state index >= 15 is 0 Å². The predicted octanol–water partition coefficient (Wildman–Crippen LogP) is 3.46. The number of ether oxygens (including phenoxy) is 4. The molecule has 0 heterocycles. The van der Waals surface area contributed by atoms with Crippen LogP contribution in [0.5, 0.6) is 17.2 Å². The lowest BCUT2D eigenvalue weighted by Gasteiger charge is -2.23. The van der Waals surface area contributed by atoms with Crippen LogP contribution in [0.15, 0.2) is 72.8 Å². The average molecular weight is 805 g/mol. The van der Waals surface area contributed by atoms with Crippen molar-refractivity contribution in [3.05, 3.63) is 89.5 Å². The highest BCUT2D eigenvalue weighted by Gasteiger charge is 2.29. The lowest BCUT2D eigenvalue weighted by molar-refractivity contribution is -0.0987. The molecule has 6 N–H and O–H groups in total. The van der Waals surface area contributed by atoms with E-state index in [9.17, 15) is 24.6 Å². The zero-order valence-electron chi connectivity index (χ0n) is 33.8. The summed E-state index contributed by atoms with van der Waals surface area (Å²) < 4.78 is 21.2. The molecule has 15 heteroatoms. The monoisotopic (exact) mass is 804 g/mol. The Morgan fingerprint density at radius 3 is 1.00 bits per heavy atom. The second-order valence-corrected chi connectivity index (χ2v) is 13.2. The molecule has 0 aromatic heterocycles. The van der Waals surface area contributed by atoms with E-state index in [0.717, 1.165) is 0 Å². The minimum absolute atomic E-state index is 0.0512. The van der Waals surface area contributed by atoms with Crippen LogP contribution < -0.4 is 14.2 Å². The van der Waals surface area contributed by atoms with Gasteiger partial charge in [-0.1, -0.05) is 0 Å². The maximum atomic E-state index is 12.3. The fourth-order valence-corrected chi connectivity index (χ4v) is 4.20. The zero-order chi connectivity index (χ0) is 44.1. The van der Waals surface area contributed by atoms with Crippen molar-refractivity contribution >= 4 is 30.9 Å². The van der Waals surface area contributed by atoms with Crippen LogP contribution in [0.1, 0.15) is 85.5 Å². The third-order valence-electron chi connectivity index (χ3n) is 7.06. The lowest BCUT2D eigenvalue weighted by Crippen LogP contribution is -2.36. The van der Waals surface area contributed by atoms with E-state index in [4.69, 9.17) is 49.0 Å². The highest BCUT2D eigenvalue weighted by atomic mass is 16.5. The average Bonchev–Trinajstić information content (AvgIpc) is 3.20. The summed E-state index contributed by atoms with van der Waals surface area (Å²) in [7, 11) is 0. The van der Waals surface area contributed by atoms with Crippen LogP contribution in [-0.4, -0.2) is 131 Å². The van der Waals surface area contributed by atoms with Crippen LogP contribution in [0.25, 0.3) is 0 Å². The summed E-state index contributed by atoms with van der Waals surface area (Å²) in [5.74, 6) is 1.09. The van der Waals surface area contributed by atoms with Gasteiger partial charge in [0.1, 0.15) is 54.2 Å². The SMILES string of the molecule is C=O.C=O.CC(C)(O)C(=O)c1ccc(OCCCO)cc1.CC(C)(O)C(=O)c1ccc(OCCO)cc1.CC(C)(OCCO)C(=O)c1ccc(OCCCO)cc1. The molecule has 318 valence electrons. The molecule has 0 atom stereocenters. The van der Waals surface area contributed by atoms with Crippen LogP contribution in [0.2, 0.25) is 0 Å². The quantitative estimate of drug-likeness (QED) is 0.0708. The van der Waals surface area contributed by atoms with Gasteiger partial charge in [-0.05, 0) is 114 Å². The number of rotatable bonds is 20. The number of benzene rings is 3. The summed E-state index contributed by atoms with van der Waals surface area (Å²) in [5.41, 5.74) is -2.28. The molecule has 0 unspecified atom stereocenters. The highest BCUT2D eigenvalue weighted by Crippen LogP contribution is 2.21. The maximum Gasteiger partial charge on any atom is 0.194 e. The molecule has 0 saturated heterocycles. The third kappa shape index (κ3) is 22.5. The first-order chi connectivity index (χ1) is 26.9. The summed E-state index contributed by atoms with van der Waals surface area (Å²) in [6.45, 7) is 14.4. The number of hydrogen-bond donors (Lipinski definition) is 6. The molecule has 0 amide bonds. The minimum atomic E-state index is -1.37. The third-order valence-corrected chi connectivity index (χ3v) is 7.06. The number of carbonyl (C=O) groups is 5. The van der Waals surface area contributed by atoms with Crippen LogP contribution in [-0.2, 0) is 14.3 Å². The van der Waals surface area contributed by atoms with Gasteiger partial charge in [-0.3, -0.25) is 14.4 Å². The summed E-state index contributed by atoms with van der Waals surface area (Å²) >= 11 is 0. The minimum Gasteiger partial charge on any atom is -0.494 e. The van der Waals surface area contributed by atoms with Gasteiger partial charge in [-0.15, -0.1) is 0 Å². The molecule has 0 aliphatic rings. The molecule has 3 rings (SSSR count). The van der Waals surface area contributed by atoms with Gasteiger partial charge >= 0.3 is 0 Å². The smallest absolute Gasteiger partial charge is 0.194 e. The molecule has 0 aliphatic carbocycles. The van der Waals surface area contributed by atoms with Gasteiger partial charge in [-0.25, -0.2) is 0 Å². The van der Waals surface area contributed by atoms with Crippen molar-refractivity contribution in [3.8, 4) is 17.2 Å². The number of carbonyl (C=O) groups excluding carboxylic acids is 5. The van der Waals surface area contributed by atoms with Crippen LogP contribution in [0.4, 0.5) is 0 Å². The number of aliphatic hydroxyl groups excluding tert-OH is 4. The van der Waals surface area contributed by atoms with E-state index in [0.29, 0.717) is 60.0 Å². The first kappa shape index (κ1) is 54.2. The number of Topliss-reactive ketones (excluding diaryl/α,β-unsaturated/α-hetero) is 3. The van der Waals surface area contributed by atoms with Crippen molar-refractivity contribution < 1.29 is 73.6 Å². The molecule has 0 spiro atoms. The number of aliphatic hydroxyl groups is 6. The molecular formula is C42H60O15. The second kappa shape index (κ2) is 29.4. The summed E-state index contributed by atoms with van der Waals surface area (Å²) in [4.78, 5) is 51.6. The van der Waals surface area contributed by atoms with E-state index < -0.39 is 16.8 Å². The molecular weight excluding hydrogens is 744 g/mol.